The van der Waals surface area contributed by atoms with Crippen molar-refractivity contribution in [2.75, 3.05) is 19.6 Å². The molecule has 1 rings (SSSR count). The van der Waals surface area contributed by atoms with Gasteiger partial charge in [0.15, 0.2) is 0 Å². The van der Waals surface area contributed by atoms with Crippen molar-refractivity contribution >= 4 is 5.97 Å². The van der Waals surface area contributed by atoms with E-state index in [1.807, 2.05) is 13.8 Å². The molecule has 5 heteroatoms. The minimum Gasteiger partial charge on any atom is -0.481 e. The molecule has 0 bridgehead atoms. The van der Waals surface area contributed by atoms with E-state index in [1.165, 1.54) is 0 Å². The Morgan fingerprint density at radius 3 is 2.14 bits per heavy atom. The van der Waals surface area contributed by atoms with Gasteiger partial charge in [0.2, 0.25) is 0 Å². The molecular weight excluding hydrogens is 266 g/mol. The molecule has 0 saturated heterocycles. The summed E-state index contributed by atoms with van der Waals surface area (Å²) in [7, 11) is 0. The second-order valence-corrected chi connectivity index (χ2v) is 5.51. The Labute approximate surface area is 127 Å². The monoisotopic (exact) mass is 293 g/mol. The van der Waals surface area contributed by atoms with Gasteiger partial charge in [-0.15, -0.1) is 0 Å². The number of carboxylic acid groups (broad SMARTS) is 1. The first-order valence-electron chi connectivity index (χ1n) is 7.67. The van der Waals surface area contributed by atoms with Gasteiger partial charge >= 0.3 is 5.97 Å². The van der Waals surface area contributed by atoms with Crippen LogP contribution < -0.4 is 0 Å². The zero-order valence-corrected chi connectivity index (χ0v) is 13.8. The van der Waals surface area contributed by atoms with Gasteiger partial charge in [0, 0.05) is 24.4 Å². The summed E-state index contributed by atoms with van der Waals surface area (Å²) in [4.78, 5) is 22.4. The third-order valence-corrected chi connectivity index (χ3v) is 3.94. The van der Waals surface area contributed by atoms with Gasteiger partial charge in [0.1, 0.15) is 5.82 Å². The van der Waals surface area contributed by atoms with Gasteiger partial charge in [-0.3, -0.25) is 4.79 Å². The molecule has 1 aromatic rings. The average Bonchev–Trinajstić information content (AvgIpc) is 2.43. The number of hydrogen-bond acceptors (Lipinski definition) is 4. The largest absolute Gasteiger partial charge is 0.481 e. The van der Waals surface area contributed by atoms with Crippen molar-refractivity contribution in [3.63, 3.8) is 0 Å². The molecule has 1 aromatic heterocycles. The lowest BCUT2D eigenvalue weighted by Crippen LogP contribution is -2.26. The molecule has 118 valence electrons. The van der Waals surface area contributed by atoms with Crippen molar-refractivity contribution in [1.29, 1.82) is 0 Å². The van der Waals surface area contributed by atoms with Crippen LogP contribution in [0, 0.1) is 19.8 Å². The van der Waals surface area contributed by atoms with E-state index in [4.69, 9.17) is 5.11 Å². The Kier molecular flexibility index (Phi) is 6.75. The van der Waals surface area contributed by atoms with E-state index < -0.39 is 11.9 Å². The molecule has 5 nitrogen and oxygen atoms in total. The number of carboxylic acids is 1. The van der Waals surface area contributed by atoms with Crippen molar-refractivity contribution in [3.8, 4) is 0 Å². The number of likely N-dealkylation sites (N-methyl/N-ethyl adjacent to an activating group) is 1. The SMILES string of the molecule is CCN(CC)CCc1nc(C)c(CC(C)C(=O)O)c(C)n1. The zero-order chi connectivity index (χ0) is 16.0. The number of hydrogen-bond donors (Lipinski definition) is 1. The maximum Gasteiger partial charge on any atom is 0.306 e. The van der Waals surface area contributed by atoms with Crippen LogP contribution in [0.25, 0.3) is 0 Å². The summed E-state index contributed by atoms with van der Waals surface area (Å²) in [6, 6.07) is 0. The van der Waals surface area contributed by atoms with E-state index in [0.717, 1.165) is 48.8 Å². The van der Waals surface area contributed by atoms with E-state index in [1.54, 1.807) is 6.92 Å². The van der Waals surface area contributed by atoms with Gasteiger partial charge in [-0.1, -0.05) is 20.8 Å². The van der Waals surface area contributed by atoms with E-state index >= 15 is 0 Å². The molecule has 1 atom stereocenters. The highest BCUT2D eigenvalue weighted by molar-refractivity contribution is 5.70. The number of aliphatic carboxylic acids is 1. The molecule has 21 heavy (non-hydrogen) atoms. The smallest absolute Gasteiger partial charge is 0.306 e. The standard InChI is InChI=1S/C16H27N3O2/c1-6-19(7-2)9-8-15-17-12(4)14(13(5)18-15)10-11(3)16(20)21/h11H,6-10H2,1-5H3,(H,20,21). The Morgan fingerprint density at radius 2 is 1.71 bits per heavy atom. The van der Waals surface area contributed by atoms with Crippen LogP contribution in [-0.4, -0.2) is 45.6 Å². The lowest BCUT2D eigenvalue weighted by Gasteiger charge is -2.18. The van der Waals surface area contributed by atoms with Crippen LogP contribution in [0.5, 0.6) is 0 Å². The molecule has 0 amide bonds. The third kappa shape index (κ3) is 5.08. The Hall–Kier alpha value is -1.49. The second kappa shape index (κ2) is 8.08. The normalized spacial score (nSPS) is 12.7. The molecule has 1 unspecified atom stereocenters. The van der Waals surface area contributed by atoms with E-state index in [0.29, 0.717) is 6.42 Å². The lowest BCUT2D eigenvalue weighted by atomic mass is 9.99. The summed E-state index contributed by atoms with van der Waals surface area (Å²) in [5.41, 5.74) is 2.78. The summed E-state index contributed by atoms with van der Waals surface area (Å²) >= 11 is 0. The number of carbonyl (C=O) groups is 1. The van der Waals surface area contributed by atoms with Crippen molar-refractivity contribution in [2.45, 2.75) is 47.5 Å². The fourth-order valence-corrected chi connectivity index (χ4v) is 2.41. The molecule has 0 aliphatic carbocycles. The minimum absolute atomic E-state index is 0.410. The molecule has 1 N–H and O–H groups in total. The fraction of sp³-hybridized carbons (Fsp3) is 0.688. The summed E-state index contributed by atoms with van der Waals surface area (Å²) in [5, 5.41) is 9.03. The van der Waals surface area contributed by atoms with Crippen molar-refractivity contribution in [1.82, 2.24) is 14.9 Å². The molecule has 0 aliphatic rings. The summed E-state index contributed by atoms with van der Waals surface area (Å²) < 4.78 is 0. The highest BCUT2D eigenvalue weighted by Crippen LogP contribution is 2.16. The summed E-state index contributed by atoms with van der Waals surface area (Å²) in [6.07, 6.45) is 1.32. The van der Waals surface area contributed by atoms with Crippen LogP contribution in [-0.2, 0) is 17.6 Å². The highest BCUT2D eigenvalue weighted by Gasteiger charge is 2.16. The zero-order valence-electron chi connectivity index (χ0n) is 13.8. The molecule has 0 radical (unpaired) electrons. The summed E-state index contributed by atoms with van der Waals surface area (Å²) in [6.45, 7) is 12.9. The molecule has 0 aliphatic heterocycles. The highest BCUT2D eigenvalue weighted by atomic mass is 16.4. The molecule has 1 heterocycles. The first kappa shape index (κ1) is 17.6. The van der Waals surface area contributed by atoms with Crippen LogP contribution >= 0.6 is 0 Å². The fourth-order valence-electron chi connectivity index (χ4n) is 2.41. The van der Waals surface area contributed by atoms with Crippen LogP contribution in [0.1, 0.15) is 43.5 Å². The van der Waals surface area contributed by atoms with Gasteiger partial charge in [0.05, 0.1) is 5.92 Å². The average molecular weight is 293 g/mol. The van der Waals surface area contributed by atoms with Crippen LogP contribution in [0.15, 0.2) is 0 Å². The number of nitrogens with zero attached hydrogens (tertiary/aromatic N) is 3. The molecule has 0 saturated carbocycles. The first-order valence-corrected chi connectivity index (χ1v) is 7.67. The maximum absolute atomic E-state index is 11.0. The first-order chi connectivity index (χ1) is 9.88. The van der Waals surface area contributed by atoms with Crippen LogP contribution in [0.3, 0.4) is 0 Å². The minimum atomic E-state index is -0.778. The predicted octanol–water partition coefficient (Wildman–Crippen LogP) is 2.24. The second-order valence-electron chi connectivity index (χ2n) is 5.51. The van der Waals surface area contributed by atoms with E-state index in [-0.39, 0.29) is 0 Å². The Balaban J connectivity index is 2.82. The van der Waals surface area contributed by atoms with E-state index in [9.17, 15) is 4.79 Å². The quantitative estimate of drug-likeness (QED) is 0.796. The van der Waals surface area contributed by atoms with Gasteiger partial charge in [-0.25, -0.2) is 9.97 Å². The predicted molar refractivity (Wildman–Crippen MR) is 83.5 cm³/mol. The number of aromatic nitrogens is 2. The maximum atomic E-state index is 11.0. The lowest BCUT2D eigenvalue weighted by molar-refractivity contribution is -0.141. The van der Waals surface area contributed by atoms with E-state index in [2.05, 4.69) is 28.7 Å². The van der Waals surface area contributed by atoms with Gasteiger partial charge in [0.25, 0.3) is 0 Å². The number of aryl methyl sites for hydroxylation is 2. The Morgan fingerprint density at radius 1 is 1.19 bits per heavy atom. The molecule has 0 spiro atoms. The van der Waals surface area contributed by atoms with Gasteiger partial charge in [-0.05, 0) is 38.9 Å². The van der Waals surface area contributed by atoms with Gasteiger partial charge in [-0.2, -0.15) is 0 Å². The summed E-state index contributed by atoms with van der Waals surface area (Å²) in [5.74, 6) is -0.337. The van der Waals surface area contributed by atoms with Crippen LogP contribution in [0.4, 0.5) is 0 Å². The van der Waals surface area contributed by atoms with Crippen molar-refractivity contribution < 1.29 is 9.90 Å². The topological polar surface area (TPSA) is 66.3 Å². The number of rotatable bonds is 8. The molecular formula is C16H27N3O2. The molecule has 0 aromatic carbocycles. The molecule has 0 fully saturated rings. The van der Waals surface area contributed by atoms with Crippen LogP contribution in [0.2, 0.25) is 0 Å². The third-order valence-electron chi connectivity index (χ3n) is 3.94. The Bertz CT molecular complexity index is 461. The van der Waals surface area contributed by atoms with Gasteiger partial charge < -0.3 is 10.0 Å². The van der Waals surface area contributed by atoms with Crippen molar-refractivity contribution in [3.05, 3.63) is 22.8 Å². The van der Waals surface area contributed by atoms with Crippen molar-refractivity contribution in [2.24, 2.45) is 5.92 Å².